The predicted molar refractivity (Wildman–Crippen MR) is 94.1 cm³/mol. The van der Waals surface area contributed by atoms with Crippen LogP contribution in [0.15, 0.2) is 28.8 Å². The average molecular weight is 392 g/mol. The van der Waals surface area contributed by atoms with E-state index in [-0.39, 0.29) is 23.8 Å². The fourth-order valence-electron chi connectivity index (χ4n) is 2.12. The molecule has 1 aromatic heterocycles. The molecule has 0 fully saturated rings. The molecular weight excluding hydrogens is 369 g/mol. The van der Waals surface area contributed by atoms with Crippen LogP contribution in [0.4, 0.5) is 13.2 Å². The van der Waals surface area contributed by atoms with Crippen molar-refractivity contribution in [2.45, 2.75) is 45.7 Å². The number of carbonyl (C=O) groups is 1. The van der Waals surface area contributed by atoms with Gasteiger partial charge in [-0.1, -0.05) is 23.8 Å². The first kappa shape index (κ1) is 22.4. The number of nitrogens with zero attached hydrogens (tertiary/aromatic N) is 2. The van der Waals surface area contributed by atoms with Gasteiger partial charge in [-0.2, -0.15) is 13.2 Å². The number of ether oxygens (including phenoxy) is 1. The Kier molecular flexibility index (Phi) is 9.64. The zero-order chi connectivity index (χ0) is 19.6. The fraction of sp³-hybridized carbons (Fsp3) is 0.588. The van der Waals surface area contributed by atoms with E-state index < -0.39 is 42.3 Å². The highest BCUT2D eigenvalue weighted by molar-refractivity contribution is 7.90. The highest BCUT2D eigenvalue weighted by Gasteiger charge is 2.42. The van der Waals surface area contributed by atoms with E-state index in [9.17, 15) is 22.5 Å². The zero-order valence-corrected chi connectivity index (χ0v) is 15.6. The van der Waals surface area contributed by atoms with Crippen molar-refractivity contribution in [2.75, 3.05) is 12.4 Å². The van der Waals surface area contributed by atoms with Crippen molar-refractivity contribution in [3.8, 4) is 0 Å². The summed E-state index contributed by atoms with van der Waals surface area (Å²) in [5.74, 6) is -2.64. The Hall–Kier alpha value is -1.61. The normalized spacial score (nSPS) is 14.8. The molecule has 1 heterocycles. The van der Waals surface area contributed by atoms with Crippen LogP contribution in [0, 0.1) is 5.92 Å². The molecule has 146 valence electrons. The molecule has 0 saturated carbocycles. The topological polar surface area (TPSA) is 74.6 Å². The third kappa shape index (κ3) is 8.18. The Morgan fingerprint density at radius 2 is 2.08 bits per heavy atom. The van der Waals surface area contributed by atoms with E-state index in [1.54, 1.807) is 12.1 Å². The summed E-state index contributed by atoms with van der Waals surface area (Å²) in [5, 5.41) is 0. The molecule has 0 bridgehead atoms. The highest BCUT2D eigenvalue weighted by Crippen LogP contribution is 2.33. The van der Waals surface area contributed by atoms with Crippen LogP contribution in [0.3, 0.4) is 0 Å². The van der Waals surface area contributed by atoms with Crippen molar-refractivity contribution in [3.63, 3.8) is 0 Å². The summed E-state index contributed by atoms with van der Waals surface area (Å²) in [6.45, 7) is 3.45. The van der Waals surface area contributed by atoms with Crippen molar-refractivity contribution < 1.29 is 27.3 Å². The van der Waals surface area contributed by atoms with Gasteiger partial charge in [-0.3, -0.25) is 9.78 Å². The smallest absolute Gasteiger partial charge is 0.392 e. The summed E-state index contributed by atoms with van der Waals surface area (Å²) >= 11 is -1.65. The van der Waals surface area contributed by atoms with Gasteiger partial charge in [0.2, 0.25) is 0 Å². The standard InChI is InChI=1S/C17H23F3N2O3S/c1-3-5-10-26(24)22-15(14-8-6-7-9-21-14)11-13(17(18,19)20)12-16(23)25-4-2/h6-9,13H,3-5,10-12H2,1-2H3/t13-,26?/m0/s1. The second-order valence-electron chi connectivity index (χ2n) is 5.58. The third-order valence-corrected chi connectivity index (χ3v) is 4.53. The third-order valence-electron chi connectivity index (χ3n) is 3.47. The second-order valence-corrected chi connectivity index (χ2v) is 6.82. The van der Waals surface area contributed by atoms with Gasteiger partial charge in [0.25, 0.3) is 0 Å². The molecular formula is C17H23F3N2O3S. The Labute approximate surface area is 154 Å². The lowest BCUT2D eigenvalue weighted by atomic mass is 9.96. The Balaban J connectivity index is 3.07. The van der Waals surface area contributed by atoms with Crippen LogP contribution in [0.2, 0.25) is 0 Å². The summed E-state index contributed by atoms with van der Waals surface area (Å²) in [5.41, 5.74) is 0.196. The molecule has 0 saturated heterocycles. The number of aromatic nitrogens is 1. The molecule has 5 nitrogen and oxygen atoms in total. The molecule has 1 rings (SSSR count). The predicted octanol–water partition coefficient (Wildman–Crippen LogP) is 3.86. The van der Waals surface area contributed by atoms with Gasteiger partial charge in [-0.05, 0) is 25.5 Å². The lowest BCUT2D eigenvalue weighted by molar-refractivity contribution is -0.182. The number of pyridine rings is 1. The lowest BCUT2D eigenvalue weighted by Crippen LogP contribution is -2.29. The first-order valence-electron chi connectivity index (χ1n) is 8.37. The molecule has 0 N–H and O–H groups in total. The van der Waals surface area contributed by atoms with Crippen LogP contribution >= 0.6 is 0 Å². The van der Waals surface area contributed by atoms with Crippen LogP contribution < -0.4 is 0 Å². The number of esters is 1. The second kappa shape index (κ2) is 11.2. The molecule has 0 aliphatic heterocycles. The average Bonchev–Trinajstić information content (AvgIpc) is 2.58. The van der Waals surface area contributed by atoms with Gasteiger partial charge in [0, 0.05) is 12.6 Å². The van der Waals surface area contributed by atoms with E-state index in [4.69, 9.17) is 0 Å². The van der Waals surface area contributed by atoms with E-state index in [2.05, 4.69) is 14.1 Å². The molecule has 1 aromatic rings. The summed E-state index contributed by atoms with van der Waals surface area (Å²) in [4.78, 5) is 15.6. The minimum atomic E-state index is -4.62. The first-order valence-corrected chi connectivity index (χ1v) is 9.65. The molecule has 9 heteroatoms. The van der Waals surface area contributed by atoms with E-state index in [1.165, 1.54) is 19.2 Å². The van der Waals surface area contributed by atoms with Crippen molar-refractivity contribution >= 4 is 23.0 Å². The Morgan fingerprint density at radius 3 is 2.62 bits per heavy atom. The van der Waals surface area contributed by atoms with Gasteiger partial charge >= 0.3 is 12.1 Å². The molecule has 0 aromatic carbocycles. The van der Waals surface area contributed by atoms with Crippen molar-refractivity contribution in [1.29, 1.82) is 0 Å². The fourth-order valence-corrected chi connectivity index (χ4v) is 3.16. The van der Waals surface area contributed by atoms with Gasteiger partial charge in [0.15, 0.2) is 0 Å². The maximum atomic E-state index is 13.4. The van der Waals surface area contributed by atoms with Crippen LogP contribution in [-0.2, 0) is 20.9 Å². The lowest BCUT2D eigenvalue weighted by Gasteiger charge is -2.20. The van der Waals surface area contributed by atoms with Crippen molar-refractivity contribution in [3.05, 3.63) is 30.1 Å². The maximum absolute atomic E-state index is 13.4. The van der Waals surface area contributed by atoms with Crippen LogP contribution in [-0.4, -0.2) is 39.8 Å². The minimum absolute atomic E-state index is 0.00559. The van der Waals surface area contributed by atoms with Gasteiger partial charge in [0.1, 0.15) is 11.5 Å². The number of rotatable bonds is 10. The molecule has 1 unspecified atom stereocenters. The van der Waals surface area contributed by atoms with E-state index in [1.807, 2.05) is 6.92 Å². The molecule has 0 amide bonds. The zero-order valence-electron chi connectivity index (χ0n) is 14.8. The van der Waals surface area contributed by atoms with E-state index in [0.717, 1.165) is 6.42 Å². The molecule has 26 heavy (non-hydrogen) atoms. The van der Waals surface area contributed by atoms with Crippen LogP contribution in [0.5, 0.6) is 0 Å². The number of carbonyl (C=O) groups excluding carboxylic acids is 1. The largest absolute Gasteiger partial charge is 0.591 e. The number of alkyl halides is 3. The summed E-state index contributed by atoms with van der Waals surface area (Å²) < 4.78 is 60.8. The van der Waals surface area contributed by atoms with E-state index >= 15 is 0 Å². The Bertz CT molecular complexity index is 582. The van der Waals surface area contributed by atoms with Crippen molar-refractivity contribution in [2.24, 2.45) is 10.3 Å². The summed E-state index contributed by atoms with van der Waals surface area (Å²) in [7, 11) is 0. The SMILES string of the molecule is CCCC[S+]([O-])N=C(C[C@@H](CC(=O)OCC)C(F)(F)F)c1ccccn1. The monoisotopic (exact) mass is 392 g/mol. The van der Waals surface area contributed by atoms with Crippen LogP contribution in [0.25, 0.3) is 0 Å². The number of hydrogen-bond donors (Lipinski definition) is 0. The number of hydrogen-bond acceptors (Lipinski definition) is 5. The van der Waals surface area contributed by atoms with Gasteiger partial charge in [-0.15, -0.1) is 0 Å². The minimum Gasteiger partial charge on any atom is -0.591 e. The number of unbranched alkanes of at least 4 members (excludes halogenated alkanes) is 1. The summed E-state index contributed by atoms with van der Waals surface area (Å²) in [6, 6.07) is 4.74. The molecule has 0 aliphatic carbocycles. The maximum Gasteiger partial charge on any atom is 0.392 e. The highest BCUT2D eigenvalue weighted by atomic mass is 32.2. The van der Waals surface area contributed by atoms with Gasteiger partial charge in [0.05, 0.1) is 36.0 Å². The van der Waals surface area contributed by atoms with Crippen LogP contribution in [0.1, 0.15) is 45.2 Å². The summed E-state index contributed by atoms with van der Waals surface area (Å²) in [6.07, 6.45) is -3.14. The molecule has 0 spiro atoms. The Morgan fingerprint density at radius 1 is 1.35 bits per heavy atom. The molecule has 0 aliphatic rings. The van der Waals surface area contributed by atoms with Gasteiger partial charge in [-0.25, -0.2) is 0 Å². The van der Waals surface area contributed by atoms with Crippen molar-refractivity contribution in [1.82, 2.24) is 4.98 Å². The van der Waals surface area contributed by atoms with Gasteiger partial charge < -0.3 is 9.29 Å². The number of halogens is 3. The quantitative estimate of drug-likeness (QED) is 0.344. The molecule has 0 radical (unpaired) electrons. The first-order chi connectivity index (χ1) is 12.3. The molecule has 2 atom stereocenters. The van der Waals surface area contributed by atoms with E-state index in [0.29, 0.717) is 6.42 Å².